The van der Waals surface area contributed by atoms with E-state index in [0.717, 1.165) is 17.2 Å². The molecule has 1 atom stereocenters. The Labute approximate surface area is 153 Å². The van der Waals surface area contributed by atoms with Crippen LogP contribution in [-0.4, -0.2) is 17.9 Å². The summed E-state index contributed by atoms with van der Waals surface area (Å²) in [5, 5.41) is 0. The van der Waals surface area contributed by atoms with Gasteiger partial charge in [0.25, 0.3) is 11.8 Å². The van der Waals surface area contributed by atoms with Crippen molar-refractivity contribution < 1.29 is 18.7 Å². The van der Waals surface area contributed by atoms with Crippen molar-refractivity contribution in [2.75, 3.05) is 0 Å². The van der Waals surface area contributed by atoms with Gasteiger partial charge >= 0.3 is 0 Å². The Morgan fingerprint density at radius 3 is 2.60 bits per heavy atom. The Morgan fingerprint density at radius 2 is 1.88 bits per heavy atom. The molecule has 0 aliphatic rings. The van der Waals surface area contributed by atoms with E-state index in [9.17, 15) is 14.0 Å². The molecule has 0 aliphatic heterocycles. The number of hydrogen-bond acceptors (Lipinski definition) is 3. The molecule has 0 aromatic heterocycles. The Kier molecular flexibility index (Phi) is 6.14. The summed E-state index contributed by atoms with van der Waals surface area (Å²) < 4.78 is 19.8. The average molecular weight is 409 g/mol. The summed E-state index contributed by atoms with van der Waals surface area (Å²) in [6.45, 7) is 5.40. The molecule has 0 radical (unpaired) electrons. The summed E-state index contributed by atoms with van der Waals surface area (Å²) in [6, 6.07) is 9.51. The summed E-state index contributed by atoms with van der Waals surface area (Å²) in [7, 11) is 0. The van der Waals surface area contributed by atoms with E-state index in [1.807, 2.05) is 26.0 Å². The predicted octanol–water partition coefficient (Wildman–Crippen LogP) is 3.43. The van der Waals surface area contributed by atoms with Crippen LogP contribution in [0.15, 0.2) is 40.9 Å². The molecule has 132 valence electrons. The predicted molar refractivity (Wildman–Crippen MR) is 95.7 cm³/mol. The summed E-state index contributed by atoms with van der Waals surface area (Å²) in [6.07, 6.45) is -0.840. The van der Waals surface area contributed by atoms with Gasteiger partial charge in [-0.15, -0.1) is 0 Å². The fourth-order valence-corrected chi connectivity index (χ4v) is 2.42. The van der Waals surface area contributed by atoms with Gasteiger partial charge in [-0.2, -0.15) is 0 Å². The second-order valence-corrected chi connectivity index (χ2v) is 6.44. The fraction of sp³-hybridized carbons (Fsp3) is 0.222. The first kappa shape index (κ1) is 18.9. The van der Waals surface area contributed by atoms with E-state index in [2.05, 4.69) is 26.8 Å². The van der Waals surface area contributed by atoms with E-state index in [0.29, 0.717) is 10.2 Å². The van der Waals surface area contributed by atoms with Crippen LogP contribution in [-0.2, 0) is 4.79 Å². The lowest BCUT2D eigenvalue weighted by Crippen LogP contribution is -2.47. The van der Waals surface area contributed by atoms with Gasteiger partial charge in [-0.3, -0.25) is 20.4 Å². The van der Waals surface area contributed by atoms with Crippen molar-refractivity contribution in [3.63, 3.8) is 0 Å². The number of carbonyl (C=O) groups excluding carboxylic acids is 2. The van der Waals surface area contributed by atoms with Crippen LogP contribution < -0.4 is 15.6 Å². The van der Waals surface area contributed by atoms with Gasteiger partial charge in [0, 0.05) is 4.47 Å². The minimum atomic E-state index is -0.840. The smallest absolute Gasteiger partial charge is 0.279 e. The number of halogens is 2. The van der Waals surface area contributed by atoms with Crippen LogP contribution in [0, 0.1) is 19.7 Å². The van der Waals surface area contributed by atoms with Gasteiger partial charge in [-0.05, 0) is 56.2 Å². The largest absolute Gasteiger partial charge is 0.481 e. The number of hydrazine groups is 1. The molecule has 0 fully saturated rings. The van der Waals surface area contributed by atoms with Gasteiger partial charge in [0.2, 0.25) is 0 Å². The van der Waals surface area contributed by atoms with Gasteiger partial charge in [-0.1, -0.05) is 28.1 Å². The molecule has 0 saturated heterocycles. The van der Waals surface area contributed by atoms with Crippen molar-refractivity contribution in [1.82, 2.24) is 10.9 Å². The lowest BCUT2D eigenvalue weighted by molar-refractivity contribution is -0.128. The Balaban J connectivity index is 1.96. The Bertz CT molecular complexity index is 811. The van der Waals surface area contributed by atoms with Gasteiger partial charge < -0.3 is 4.74 Å². The minimum absolute atomic E-state index is 0.183. The van der Waals surface area contributed by atoms with Crippen LogP contribution in [0.4, 0.5) is 4.39 Å². The first-order chi connectivity index (χ1) is 11.8. The molecule has 25 heavy (non-hydrogen) atoms. The van der Waals surface area contributed by atoms with E-state index in [1.54, 1.807) is 13.0 Å². The third kappa shape index (κ3) is 4.79. The highest BCUT2D eigenvalue weighted by atomic mass is 79.9. The Hall–Kier alpha value is -2.41. The summed E-state index contributed by atoms with van der Waals surface area (Å²) in [4.78, 5) is 24.1. The van der Waals surface area contributed by atoms with Gasteiger partial charge in [0.1, 0.15) is 11.6 Å². The number of benzene rings is 2. The zero-order valence-corrected chi connectivity index (χ0v) is 15.6. The lowest BCUT2D eigenvalue weighted by Gasteiger charge is -2.17. The molecule has 2 N–H and O–H groups in total. The quantitative estimate of drug-likeness (QED) is 0.761. The topological polar surface area (TPSA) is 67.4 Å². The summed E-state index contributed by atoms with van der Waals surface area (Å²) in [5.41, 5.74) is 6.21. The molecule has 0 heterocycles. The van der Waals surface area contributed by atoms with E-state index in [1.165, 1.54) is 12.1 Å². The maximum atomic E-state index is 13.7. The molecule has 2 amide bonds. The monoisotopic (exact) mass is 408 g/mol. The molecule has 2 aromatic carbocycles. The van der Waals surface area contributed by atoms with Gasteiger partial charge in [0.05, 0.1) is 5.56 Å². The molecule has 0 unspecified atom stereocenters. The van der Waals surface area contributed by atoms with E-state index >= 15 is 0 Å². The van der Waals surface area contributed by atoms with Crippen LogP contribution in [0.5, 0.6) is 5.75 Å². The lowest BCUT2D eigenvalue weighted by atomic mass is 10.1. The molecule has 5 nitrogen and oxygen atoms in total. The van der Waals surface area contributed by atoms with Crippen LogP contribution >= 0.6 is 15.9 Å². The third-order valence-corrected chi connectivity index (χ3v) is 4.19. The molecule has 7 heteroatoms. The molecule has 0 spiro atoms. The van der Waals surface area contributed by atoms with Gasteiger partial charge in [-0.25, -0.2) is 4.39 Å². The second-order valence-electron chi connectivity index (χ2n) is 5.53. The standard InChI is InChI=1S/C18H18BrFN2O3/c1-10-5-4-6-16(11(10)2)25-12(3)17(23)21-22-18(24)14-9-13(19)7-8-15(14)20/h4-9,12H,1-3H3,(H,21,23)(H,22,24)/t12-/m0/s1. The number of nitrogens with one attached hydrogen (secondary N) is 2. The zero-order valence-electron chi connectivity index (χ0n) is 14.0. The van der Waals surface area contributed by atoms with Crippen LogP contribution in [0.25, 0.3) is 0 Å². The summed E-state index contributed by atoms with van der Waals surface area (Å²) >= 11 is 3.16. The van der Waals surface area contributed by atoms with Gasteiger partial charge in [0.15, 0.2) is 6.10 Å². The van der Waals surface area contributed by atoms with E-state index in [-0.39, 0.29) is 5.56 Å². The molecule has 0 bridgehead atoms. The van der Waals surface area contributed by atoms with Crippen molar-refractivity contribution in [3.05, 3.63) is 63.4 Å². The first-order valence-electron chi connectivity index (χ1n) is 7.57. The molecule has 2 aromatic rings. The van der Waals surface area contributed by atoms with Crippen LogP contribution in [0.3, 0.4) is 0 Å². The minimum Gasteiger partial charge on any atom is -0.481 e. The third-order valence-electron chi connectivity index (χ3n) is 3.70. The van der Waals surface area contributed by atoms with Crippen LogP contribution in [0.2, 0.25) is 0 Å². The van der Waals surface area contributed by atoms with Crippen molar-refractivity contribution in [2.45, 2.75) is 26.9 Å². The number of hydrogen-bond donors (Lipinski definition) is 2. The van der Waals surface area contributed by atoms with Crippen molar-refractivity contribution in [2.24, 2.45) is 0 Å². The van der Waals surface area contributed by atoms with E-state index in [4.69, 9.17) is 4.74 Å². The van der Waals surface area contributed by atoms with Crippen molar-refractivity contribution >= 4 is 27.7 Å². The fourth-order valence-electron chi connectivity index (χ4n) is 2.05. The molecule has 2 rings (SSSR count). The zero-order chi connectivity index (χ0) is 18.6. The summed E-state index contributed by atoms with van der Waals surface area (Å²) in [5.74, 6) is -1.41. The average Bonchev–Trinajstić information content (AvgIpc) is 2.58. The number of aryl methyl sites for hydroxylation is 1. The molecular formula is C18H18BrFN2O3. The number of ether oxygens (including phenoxy) is 1. The van der Waals surface area contributed by atoms with Crippen LogP contribution in [0.1, 0.15) is 28.4 Å². The highest BCUT2D eigenvalue weighted by Crippen LogP contribution is 2.21. The maximum absolute atomic E-state index is 13.7. The highest BCUT2D eigenvalue weighted by Gasteiger charge is 2.18. The molecular weight excluding hydrogens is 391 g/mol. The highest BCUT2D eigenvalue weighted by molar-refractivity contribution is 9.10. The second kappa shape index (κ2) is 8.11. The number of rotatable bonds is 4. The molecule has 0 saturated carbocycles. The molecule has 0 aliphatic carbocycles. The van der Waals surface area contributed by atoms with Crippen molar-refractivity contribution in [3.8, 4) is 5.75 Å². The normalized spacial score (nSPS) is 11.6. The number of amides is 2. The van der Waals surface area contributed by atoms with Crippen molar-refractivity contribution in [1.29, 1.82) is 0 Å². The first-order valence-corrected chi connectivity index (χ1v) is 8.37. The Morgan fingerprint density at radius 1 is 1.16 bits per heavy atom. The maximum Gasteiger partial charge on any atom is 0.279 e. The SMILES string of the molecule is Cc1cccc(O[C@@H](C)C(=O)NNC(=O)c2cc(Br)ccc2F)c1C. The van der Waals surface area contributed by atoms with E-state index < -0.39 is 23.7 Å². The number of carbonyl (C=O) groups is 2.